The Bertz CT molecular complexity index is 646. The Labute approximate surface area is 116 Å². The minimum Gasteiger partial charge on any atom is -0.378 e. The number of nitrogens with one attached hydrogen (secondary N) is 1. The molecule has 104 valence electrons. The van der Waals surface area contributed by atoms with Crippen molar-refractivity contribution < 1.29 is 8.42 Å². The summed E-state index contributed by atoms with van der Waals surface area (Å²) in [6.07, 6.45) is 6.40. The molecule has 0 saturated heterocycles. The molecule has 0 atom stereocenters. The van der Waals surface area contributed by atoms with Crippen molar-refractivity contribution in [2.24, 2.45) is 0 Å². The zero-order valence-corrected chi connectivity index (χ0v) is 12.0. The molecule has 0 aliphatic heterocycles. The summed E-state index contributed by atoms with van der Waals surface area (Å²) in [5, 5.41) is 6.62. The Morgan fingerprint density at radius 3 is 2.84 bits per heavy atom. The number of nitrogens with zero attached hydrogens (tertiary/aromatic N) is 2. The van der Waals surface area contributed by atoms with Crippen molar-refractivity contribution in [2.45, 2.75) is 13.5 Å². The minimum absolute atomic E-state index is 0.0257. The third-order valence-corrected chi connectivity index (χ3v) is 4.39. The van der Waals surface area contributed by atoms with Crippen molar-refractivity contribution in [1.82, 2.24) is 9.78 Å². The molecule has 0 spiro atoms. The molecule has 0 fully saturated rings. The monoisotopic (exact) mass is 303 g/mol. The first-order valence-electron chi connectivity index (χ1n) is 5.54. The summed E-state index contributed by atoms with van der Waals surface area (Å²) in [5.41, 5.74) is -0.363. The summed E-state index contributed by atoms with van der Waals surface area (Å²) in [4.78, 5) is 11.9. The molecule has 0 aliphatic rings. The number of sulfone groups is 1. The maximum atomic E-state index is 11.9. The summed E-state index contributed by atoms with van der Waals surface area (Å²) >= 11 is 5.85. The molecule has 1 rings (SSSR count). The molecule has 8 heteroatoms. The van der Waals surface area contributed by atoms with Gasteiger partial charge in [0.1, 0.15) is 12.2 Å². The fourth-order valence-corrected chi connectivity index (χ4v) is 2.20. The lowest BCUT2D eigenvalue weighted by atomic mass is 10.4. The average Bonchev–Trinajstić information content (AvgIpc) is 2.37. The molecule has 0 bridgehead atoms. The number of halogens is 1. The highest BCUT2D eigenvalue weighted by atomic mass is 35.5. The first-order valence-corrected chi connectivity index (χ1v) is 7.74. The largest absolute Gasteiger partial charge is 0.378 e. The topological polar surface area (TPSA) is 81.1 Å². The van der Waals surface area contributed by atoms with Crippen molar-refractivity contribution in [3.05, 3.63) is 21.6 Å². The van der Waals surface area contributed by atoms with Gasteiger partial charge in [0.05, 0.1) is 17.0 Å². The smallest absolute Gasteiger partial charge is 0.292 e. The van der Waals surface area contributed by atoms with E-state index < -0.39 is 15.4 Å². The maximum absolute atomic E-state index is 11.9. The predicted octanol–water partition coefficient (Wildman–Crippen LogP) is 0.377. The van der Waals surface area contributed by atoms with Crippen molar-refractivity contribution in [1.29, 1.82) is 0 Å². The maximum Gasteiger partial charge on any atom is 0.292 e. The number of rotatable bonds is 6. The third kappa shape index (κ3) is 4.26. The van der Waals surface area contributed by atoms with Crippen LogP contribution in [-0.4, -0.2) is 36.2 Å². The molecule has 1 aromatic heterocycles. The molecule has 0 amide bonds. The van der Waals surface area contributed by atoms with Gasteiger partial charge < -0.3 is 5.32 Å². The second-order valence-electron chi connectivity index (χ2n) is 3.70. The van der Waals surface area contributed by atoms with E-state index in [9.17, 15) is 13.2 Å². The van der Waals surface area contributed by atoms with Crippen LogP contribution in [0.25, 0.3) is 0 Å². The van der Waals surface area contributed by atoms with Crippen LogP contribution in [0, 0.1) is 12.3 Å². The lowest BCUT2D eigenvalue weighted by Crippen LogP contribution is -2.27. The molecule has 0 radical (unpaired) electrons. The predicted molar refractivity (Wildman–Crippen MR) is 75.2 cm³/mol. The van der Waals surface area contributed by atoms with Crippen LogP contribution in [0.5, 0.6) is 0 Å². The van der Waals surface area contributed by atoms with Crippen LogP contribution in [0.15, 0.2) is 11.0 Å². The van der Waals surface area contributed by atoms with Crippen LogP contribution in [0.3, 0.4) is 0 Å². The second kappa shape index (κ2) is 6.59. The molecule has 1 N–H and O–H groups in total. The van der Waals surface area contributed by atoms with Crippen LogP contribution < -0.4 is 10.9 Å². The molecule has 19 heavy (non-hydrogen) atoms. The van der Waals surface area contributed by atoms with E-state index >= 15 is 0 Å². The van der Waals surface area contributed by atoms with E-state index in [4.69, 9.17) is 18.0 Å². The highest BCUT2D eigenvalue weighted by Crippen LogP contribution is 2.14. The molecule has 0 saturated carbocycles. The van der Waals surface area contributed by atoms with Crippen molar-refractivity contribution >= 4 is 27.1 Å². The zero-order valence-electron chi connectivity index (χ0n) is 10.4. The Kier molecular flexibility index (Phi) is 5.39. The average molecular weight is 304 g/mol. The molecular formula is C11H14ClN3O3S. The van der Waals surface area contributed by atoms with Gasteiger partial charge >= 0.3 is 0 Å². The summed E-state index contributed by atoms with van der Waals surface area (Å²) in [5.74, 6) is 2.28. The molecule has 0 unspecified atom stereocenters. The van der Waals surface area contributed by atoms with Gasteiger partial charge in [-0.15, -0.1) is 6.42 Å². The lowest BCUT2D eigenvalue weighted by Gasteiger charge is -2.09. The second-order valence-corrected chi connectivity index (χ2v) is 6.58. The standard InChI is InChI=1S/C11H14ClN3O3S/c1-3-6-15-11(16)10(9(12)8-14-15)13-5-7-19(17,18)4-2/h1,8,13H,4-7H2,2H3. The van der Waals surface area contributed by atoms with E-state index in [2.05, 4.69) is 16.3 Å². The van der Waals surface area contributed by atoms with Gasteiger partial charge in [-0.05, 0) is 0 Å². The summed E-state index contributed by atoms with van der Waals surface area (Å²) in [6, 6.07) is 0. The summed E-state index contributed by atoms with van der Waals surface area (Å²) in [7, 11) is -3.10. The third-order valence-electron chi connectivity index (χ3n) is 2.39. The van der Waals surface area contributed by atoms with Crippen LogP contribution >= 0.6 is 11.6 Å². The van der Waals surface area contributed by atoms with E-state index in [0.717, 1.165) is 4.68 Å². The van der Waals surface area contributed by atoms with Gasteiger partial charge in [0.2, 0.25) is 0 Å². The van der Waals surface area contributed by atoms with Gasteiger partial charge in [-0.1, -0.05) is 24.4 Å². The Hall–Kier alpha value is -1.52. The number of hydrogen-bond acceptors (Lipinski definition) is 5. The fourth-order valence-electron chi connectivity index (χ4n) is 1.30. The Morgan fingerprint density at radius 1 is 1.58 bits per heavy atom. The molecular weight excluding hydrogens is 290 g/mol. The quantitative estimate of drug-likeness (QED) is 0.768. The Balaban J connectivity index is 2.87. The molecule has 1 heterocycles. The van der Waals surface area contributed by atoms with Crippen LogP contribution in [0.1, 0.15) is 6.92 Å². The van der Waals surface area contributed by atoms with Crippen LogP contribution in [0.2, 0.25) is 5.02 Å². The van der Waals surface area contributed by atoms with Crippen molar-refractivity contribution in [3.8, 4) is 12.3 Å². The van der Waals surface area contributed by atoms with Gasteiger partial charge in [0.15, 0.2) is 9.84 Å². The molecule has 0 aromatic carbocycles. The number of aromatic nitrogens is 2. The summed E-state index contributed by atoms with van der Waals surface area (Å²) in [6.45, 7) is 1.69. The fraction of sp³-hybridized carbons (Fsp3) is 0.455. The van der Waals surface area contributed by atoms with E-state index in [1.165, 1.54) is 6.20 Å². The van der Waals surface area contributed by atoms with Gasteiger partial charge in [-0.2, -0.15) is 5.10 Å². The van der Waals surface area contributed by atoms with E-state index in [1.54, 1.807) is 6.92 Å². The lowest BCUT2D eigenvalue weighted by molar-refractivity contribution is 0.597. The number of anilines is 1. The SMILES string of the molecule is C#CCn1ncc(Cl)c(NCCS(=O)(=O)CC)c1=O. The van der Waals surface area contributed by atoms with Gasteiger partial charge in [0, 0.05) is 12.3 Å². The van der Waals surface area contributed by atoms with Gasteiger partial charge in [-0.3, -0.25) is 4.79 Å². The first kappa shape index (κ1) is 15.5. The normalized spacial score (nSPS) is 11.0. The van der Waals surface area contributed by atoms with E-state index in [-0.39, 0.29) is 35.3 Å². The molecule has 6 nitrogen and oxygen atoms in total. The van der Waals surface area contributed by atoms with Crippen molar-refractivity contribution in [2.75, 3.05) is 23.4 Å². The molecule has 1 aromatic rings. The first-order chi connectivity index (χ1) is 8.91. The highest BCUT2D eigenvalue weighted by molar-refractivity contribution is 7.91. The zero-order chi connectivity index (χ0) is 14.5. The number of hydrogen-bond donors (Lipinski definition) is 1. The van der Waals surface area contributed by atoms with Crippen molar-refractivity contribution in [3.63, 3.8) is 0 Å². The van der Waals surface area contributed by atoms with Crippen LogP contribution in [-0.2, 0) is 16.4 Å². The molecule has 0 aliphatic carbocycles. The highest BCUT2D eigenvalue weighted by Gasteiger charge is 2.11. The minimum atomic E-state index is -3.10. The van der Waals surface area contributed by atoms with Gasteiger partial charge in [-0.25, -0.2) is 13.1 Å². The van der Waals surface area contributed by atoms with Gasteiger partial charge in [0.25, 0.3) is 5.56 Å². The van der Waals surface area contributed by atoms with E-state index in [1.807, 2.05) is 0 Å². The number of terminal acetylenes is 1. The Morgan fingerprint density at radius 2 is 2.26 bits per heavy atom. The summed E-state index contributed by atoms with van der Waals surface area (Å²) < 4.78 is 23.7. The van der Waals surface area contributed by atoms with Crippen LogP contribution in [0.4, 0.5) is 5.69 Å². The van der Waals surface area contributed by atoms with E-state index in [0.29, 0.717) is 0 Å².